The first-order chi connectivity index (χ1) is 7.13. The van der Waals surface area contributed by atoms with Gasteiger partial charge in [-0.2, -0.15) is 0 Å². The normalized spacial score (nSPS) is 14.9. The van der Waals surface area contributed by atoms with Crippen LogP contribution in [0.2, 0.25) is 5.02 Å². The van der Waals surface area contributed by atoms with Crippen LogP contribution in [-0.2, 0) is 0 Å². The summed E-state index contributed by atoms with van der Waals surface area (Å²) in [7, 11) is 0. The third-order valence-corrected chi connectivity index (χ3v) is 2.59. The Hall–Kier alpha value is -0.570. The van der Waals surface area contributed by atoms with Gasteiger partial charge in [0, 0.05) is 17.6 Å². The molecule has 15 heavy (non-hydrogen) atoms. The van der Waals surface area contributed by atoms with Gasteiger partial charge in [-0.05, 0) is 31.0 Å². The van der Waals surface area contributed by atoms with Crippen molar-refractivity contribution >= 4 is 11.6 Å². The van der Waals surface area contributed by atoms with Gasteiger partial charge in [0.1, 0.15) is 0 Å². The average molecular weight is 228 g/mol. The molecule has 1 aromatic carbocycles. The van der Waals surface area contributed by atoms with E-state index in [9.17, 15) is 5.11 Å². The van der Waals surface area contributed by atoms with Crippen LogP contribution >= 0.6 is 11.6 Å². The number of hydrogen-bond acceptors (Lipinski definition) is 2. The van der Waals surface area contributed by atoms with Crippen molar-refractivity contribution in [3.63, 3.8) is 0 Å². The van der Waals surface area contributed by atoms with E-state index in [2.05, 4.69) is 12.2 Å². The predicted octanol–water partition coefficient (Wildman–Crippen LogP) is 2.76. The second-order valence-electron chi connectivity index (χ2n) is 3.77. The predicted molar refractivity (Wildman–Crippen MR) is 64.2 cm³/mol. The molecule has 0 unspecified atom stereocenters. The Labute approximate surface area is 96.3 Å². The molecule has 0 bridgehead atoms. The van der Waals surface area contributed by atoms with Crippen LogP contribution in [0.3, 0.4) is 0 Å². The summed E-state index contributed by atoms with van der Waals surface area (Å²) < 4.78 is 0. The van der Waals surface area contributed by atoms with Gasteiger partial charge >= 0.3 is 0 Å². The number of halogens is 1. The number of benzene rings is 1. The average Bonchev–Trinajstić information content (AvgIpc) is 2.21. The van der Waals surface area contributed by atoms with E-state index in [1.54, 1.807) is 6.92 Å². The summed E-state index contributed by atoms with van der Waals surface area (Å²) in [5.74, 6) is 0. The van der Waals surface area contributed by atoms with Gasteiger partial charge in [0.25, 0.3) is 0 Å². The largest absolute Gasteiger partial charge is 0.392 e. The van der Waals surface area contributed by atoms with Crippen LogP contribution in [0.25, 0.3) is 0 Å². The summed E-state index contributed by atoms with van der Waals surface area (Å²) in [5, 5.41) is 13.3. The highest BCUT2D eigenvalue weighted by Crippen LogP contribution is 2.18. The molecule has 3 heteroatoms. The molecule has 0 spiro atoms. The molecule has 1 rings (SSSR count). The van der Waals surface area contributed by atoms with Crippen LogP contribution in [0, 0.1) is 0 Å². The van der Waals surface area contributed by atoms with Crippen LogP contribution in [0.4, 0.5) is 0 Å². The van der Waals surface area contributed by atoms with Gasteiger partial charge in [-0.1, -0.05) is 30.7 Å². The molecule has 0 aliphatic rings. The topological polar surface area (TPSA) is 32.3 Å². The Bertz CT molecular complexity index is 284. The number of aliphatic hydroxyl groups is 1. The highest BCUT2D eigenvalue weighted by atomic mass is 35.5. The van der Waals surface area contributed by atoms with Crippen LogP contribution in [0.15, 0.2) is 24.3 Å². The molecule has 0 saturated carbocycles. The molecule has 0 aliphatic heterocycles. The van der Waals surface area contributed by atoms with Crippen LogP contribution < -0.4 is 5.32 Å². The second-order valence-corrected chi connectivity index (χ2v) is 4.21. The smallest absolute Gasteiger partial charge is 0.0636 e. The molecular weight excluding hydrogens is 210 g/mol. The molecule has 0 saturated heterocycles. The summed E-state index contributed by atoms with van der Waals surface area (Å²) in [6, 6.07) is 8.11. The third kappa shape index (κ3) is 4.20. The van der Waals surface area contributed by atoms with Gasteiger partial charge in [-0.25, -0.2) is 0 Å². The van der Waals surface area contributed by atoms with Crippen molar-refractivity contribution < 1.29 is 5.11 Å². The lowest BCUT2D eigenvalue weighted by molar-refractivity contribution is 0.185. The quantitative estimate of drug-likeness (QED) is 0.811. The minimum absolute atomic E-state index is 0.289. The van der Waals surface area contributed by atoms with Crippen molar-refractivity contribution in [3.05, 3.63) is 34.9 Å². The fourth-order valence-corrected chi connectivity index (χ4v) is 1.63. The first-order valence-electron chi connectivity index (χ1n) is 5.30. The summed E-state index contributed by atoms with van der Waals surface area (Å²) >= 11 is 5.83. The van der Waals surface area contributed by atoms with E-state index in [4.69, 9.17) is 11.6 Å². The van der Waals surface area contributed by atoms with E-state index in [0.29, 0.717) is 6.54 Å². The lowest BCUT2D eigenvalue weighted by Crippen LogP contribution is -2.28. The minimum atomic E-state index is -0.314. The molecule has 0 amide bonds. The Kier molecular flexibility index (Phi) is 5.09. The van der Waals surface area contributed by atoms with Gasteiger partial charge < -0.3 is 10.4 Å². The fourth-order valence-electron chi connectivity index (χ4n) is 1.51. The fraction of sp³-hybridized carbons (Fsp3) is 0.500. The van der Waals surface area contributed by atoms with Gasteiger partial charge in [0.05, 0.1) is 6.10 Å². The maximum Gasteiger partial charge on any atom is 0.0636 e. The number of aliphatic hydroxyl groups excluding tert-OH is 1. The van der Waals surface area contributed by atoms with Crippen LogP contribution in [0.1, 0.15) is 31.9 Å². The van der Waals surface area contributed by atoms with Crippen molar-refractivity contribution in [2.24, 2.45) is 0 Å². The van der Waals surface area contributed by atoms with Crippen molar-refractivity contribution in [1.82, 2.24) is 5.32 Å². The molecule has 0 aromatic heterocycles. The van der Waals surface area contributed by atoms with Crippen molar-refractivity contribution in [2.45, 2.75) is 32.4 Å². The van der Waals surface area contributed by atoms with Gasteiger partial charge in [-0.3, -0.25) is 0 Å². The Morgan fingerprint density at radius 2 is 1.93 bits per heavy atom. The zero-order valence-electron chi connectivity index (χ0n) is 9.20. The zero-order chi connectivity index (χ0) is 11.3. The monoisotopic (exact) mass is 227 g/mol. The Morgan fingerprint density at radius 3 is 2.40 bits per heavy atom. The van der Waals surface area contributed by atoms with Crippen LogP contribution in [0.5, 0.6) is 0 Å². The Balaban J connectivity index is 2.61. The van der Waals surface area contributed by atoms with Crippen LogP contribution in [-0.4, -0.2) is 17.8 Å². The molecule has 0 fully saturated rings. The lowest BCUT2D eigenvalue weighted by Gasteiger charge is -2.18. The molecule has 1 aromatic rings. The van der Waals surface area contributed by atoms with Crippen molar-refractivity contribution in [1.29, 1.82) is 0 Å². The van der Waals surface area contributed by atoms with E-state index in [0.717, 1.165) is 11.4 Å². The van der Waals surface area contributed by atoms with Crippen molar-refractivity contribution in [2.75, 3.05) is 6.54 Å². The van der Waals surface area contributed by atoms with E-state index in [1.807, 2.05) is 24.3 Å². The molecule has 2 atom stereocenters. The maximum atomic E-state index is 9.20. The van der Waals surface area contributed by atoms with Gasteiger partial charge in [-0.15, -0.1) is 0 Å². The highest BCUT2D eigenvalue weighted by molar-refractivity contribution is 6.30. The number of nitrogens with one attached hydrogen (secondary N) is 1. The summed E-state index contributed by atoms with van der Waals surface area (Å²) in [6.07, 6.45) is 0.681. The van der Waals surface area contributed by atoms with E-state index < -0.39 is 0 Å². The summed E-state index contributed by atoms with van der Waals surface area (Å²) in [5.41, 5.74) is 1.21. The molecule has 0 heterocycles. The van der Waals surface area contributed by atoms with E-state index in [1.165, 1.54) is 5.56 Å². The van der Waals surface area contributed by atoms with Gasteiger partial charge in [0.2, 0.25) is 0 Å². The maximum absolute atomic E-state index is 9.20. The molecule has 0 aliphatic carbocycles. The molecule has 84 valence electrons. The molecule has 0 radical (unpaired) electrons. The van der Waals surface area contributed by atoms with Crippen molar-refractivity contribution in [3.8, 4) is 0 Å². The molecule has 2 nitrogen and oxygen atoms in total. The summed E-state index contributed by atoms with van der Waals surface area (Å²) in [4.78, 5) is 0. The zero-order valence-corrected chi connectivity index (χ0v) is 9.96. The third-order valence-electron chi connectivity index (χ3n) is 2.34. The molecule has 2 N–H and O–H groups in total. The number of hydrogen-bond donors (Lipinski definition) is 2. The van der Waals surface area contributed by atoms with E-state index in [-0.39, 0.29) is 12.1 Å². The standard InChI is InChI=1S/C12H18ClNO/c1-3-12(14-8-9(2)15)10-4-6-11(13)7-5-10/h4-7,9,12,14-15H,3,8H2,1-2H3/t9-,12-/m1/s1. The summed E-state index contributed by atoms with van der Waals surface area (Å²) in [6.45, 7) is 4.51. The SMILES string of the molecule is CC[C@@H](NC[C@@H](C)O)c1ccc(Cl)cc1. The Morgan fingerprint density at radius 1 is 1.33 bits per heavy atom. The lowest BCUT2D eigenvalue weighted by atomic mass is 10.0. The minimum Gasteiger partial charge on any atom is -0.392 e. The van der Waals surface area contributed by atoms with Gasteiger partial charge in [0.15, 0.2) is 0 Å². The number of rotatable bonds is 5. The highest BCUT2D eigenvalue weighted by Gasteiger charge is 2.08. The molecular formula is C12H18ClNO. The first kappa shape index (κ1) is 12.5. The second kappa shape index (κ2) is 6.11. The first-order valence-corrected chi connectivity index (χ1v) is 5.68. The van der Waals surface area contributed by atoms with E-state index >= 15 is 0 Å².